The number of benzene rings is 1. The first kappa shape index (κ1) is 15.3. The zero-order chi connectivity index (χ0) is 30.7. The molecule has 2 amide bonds. The number of hydrogen-bond donors (Lipinski definition) is 0. The van der Waals surface area contributed by atoms with Gasteiger partial charge in [0.2, 0.25) is 11.8 Å². The molecule has 7 rings (SSSR count). The van der Waals surface area contributed by atoms with Gasteiger partial charge in [-0.05, 0) is 79.4 Å². The average molecular weight is 501 g/mol. The van der Waals surface area contributed by atoms with Gasteiger partial charge in [0.1, 0.15) is 5.82 Å². The Labute approximate surface area is 223 Å². The standard InChI is InChI=1S/C28H36N4O2S/c33-27-24-18-9-10-19(15-18)25(24)28(34)32(27)17-21-6-2-1-5-20(21)16-30-11-13-31(14-12-30)26-22-7-3-4-8-23(22)35-29-26/h3-4,7-8,18-21,24-25H,1-2,5-6,9-17H2/t18-,19+,20-,21-,24-,25+/m0/s1/i11D2,12D2,13D2,14D2. The summed E-state index contributed by atoms with van der Waals surface area (Å²) < 4.78 is 76.7. The van der Waals surface area contributed by atoms with E-state index in [0.717, 1.165) is 48.5 Å². The lowest BCUT2D eigenvalue weighted by atomic mass is 9.78. The maximum absolute atomic E-state index is 13.4. The second kappa shape index (κ2) is 8.84. The largest absolute Gasteiger partial charge is 0.353 e. The number of carbonyl (C=O) groups is 2. The lowest BCUT2D eigenvalue weighted by Crippen LogP contribution is -2.49. The van der Waals surface area contributed by atoms with Crippen LogP contribution >= 0.6 is 11.5 Å². The summed E-state index contributed by atoms with van der Waals surface area (Å²) in [5.41, 5.74) is 0. The molecule has 6 atom stereocenters. The van der Waals surface area contributed by atoms with Crippen molar-refractivity contribution < 1.29 is 20.6 Å². The van der Waals surface area contributed by atoms with Gasteiger partial charge in [0.05, 0.1) is 22.0 Å². The van der Waals surface area contributed by atoms with E-state index in [4.69, 9.17) is 11.0 Å². The van der Waals surface area contributed by atoms with E-state index in [2.05, 4.69) is 4.37 Å². The van der Waals surface area contributed by atoms with Crippen LogP contribution in [0.1, 0.15) is 55.9 Å². The summed E-state index contributed by atoms with van der Waals surface area (Å²) in [5, 5.41) is 0.422. The van der Waals surface area contributed by atoms with Crippen molar-refractivity contribution in [2.24, 2.45) is 35.5 Å². The SMILES string of the molecule is [2H]C1([2H])N(C[C@@H]2CCCC[C@H]2CN2C(=O)[C@@H]3[C@@H]4CC[C@@H](C4)[C@@H]3C2=O)C([2H])([2H])C([2H])([2H])N(c2nsc3ccccc23)C1([2H])[2H]. The molecule has 0 radical (unpaired) electrons. The molecule has 7 heteroatoms. The molecule has 6 nitrogen and oxygen atoms in total. The van der Waals surface area contributed by atoms with Crippen molar-refractivity contribution in [1.29, 1.82) is 0 Å². The molecule has 3 heterocycles. The second-order valence-corrected chi connectivity index (χ2v) is 11.7. The van der Waals surface area contributed by atoms with Crippen molar-refractivity contribution in [3.05, 3.63) is 24.3 Å². The van der Waals surface area contributed by atoms with Gasteiger partial charge in [-0.25, -0.2) is 0 Å². The van der Waals surface area contributed by atoms with Crippen LogP contribution in [0.25, 0.3) is 10.1 Å². The van der Waals surface area contributed by atoms with E-state index in [0.29, 0.717) is 27.8 Å². The molecule has 2 bridgehead atoms. The first-order valence-electron chi connectivity index (χ1n) is 17.0. The molecule has 1 aromatic carbocycles. The normalized spacial score (nSPS) is 44.6. The molecule has 2 aromatic rings. The third-order valence-electron chi connectivity index (χ3n) is 9.08. The van der Waals surface area contributed by atoms with Crippen LogP contribution in [0.5, 0.6) is 0 Å². The number of hydrogen-bond acceptors (Lipinski definition) is 6. The van der Waals surface area contributed by atoms with E-state index in [1.165, 1.54) is 4.90 Å². The number of fused-ring (bicyclic) bond motifs is 6. The van der Waals surface area contributed by atoms with Crippen molar-refractivity contribution in [2.75, 3.05) is 44.0 Å². The minimum absolute atomic E-state index is 0.103. The number of likely N-dealkylation sites (tertiary alicyclic amines) is 1. The van der Waals surface area contributed by atoms with Gasteiger partial charge in [-0.2, -0.15) is 4.37 Å². The topological polar surface area (TPSA) is 56.8 Å². The Kier molecular flexibility index (Phi) is 3.87. The number of carbonyl (C=O) groups excluding carboxylic acids is 2. The van der Waals surface area contributed by atoms with Gasteiger partial charge < -0.3 is 4.90 Å². The molecular weight excluding hydrogens is 456 g/mol. The maximum Gasteiger partial charge on any atom is 0.233 e. The second-order valence-electron chi connectivity index (χ2n) is 10.9. The van der Waals surface area contributed by atoms with Crippen LogP contribution < -0.4 is 4.90 Å². The summed E-state index contributed by atoms with van der Waals surface area (Å²) in [7, 11) is 0. The van der Waals surface area contributed by atoms with Crippen molar-refractivity contribution in [1.82, 2.24) is 14.2 Å². The molecule has 1 aromatic heterocycles. The Morgan fingerprint density at radius 1 is 0.886 bits per heavy atom. The molecule has 0 unspecified atom stereocenters. The van der Waals surface area contributed by atoms with Gasteiger partial charge in [-0.15, -0.1) is 0 Å². The van der Waals surface area contributed by atoms with Gasteiger partial charge in [0.25, 0.3) is 0 Å². The average Bonchev–Trinajstić information content (AvgIpc) is 3.72. The molecule has 0 spiro atoms. The van der Waals surface area contributed by atoms with Crippen LogP contribution in [0, 0.1) is 35.5 Å². The lowest BCUT2D eigenvalue weighted by molar-refractivity contribution is -0.142. The van der Waals surface area contributed by atoms with Gasteiger partial charge in [0.15, 0.2) is 0 Å². The predicted octanol–water partition coefficient (Wildman–Crippen LogP) is 4.26. The molecule has 35 heavy (non-hydrogen) atoms. The fourth-order valence-electron chi connectivity index (χ4n) is 7.39. The zero-order valence-electron chi connectivity index (χ0n) is 27.7. The van der Waals surface area contributed by atoms with Crippen LogP contribution in [0.15, 0.2) is 24.3 Å². The first-order chi connectivity index (χ1) is 20.2. The highest BCUT2D eigenvalue weighted by Gasteiger charge is 2.61. The molecule has 2 aliphatic heterocycles. The summed E-state index contributed by atoms with van der Waals surface area (Å²) in [5.74, 6) is -0.817. The Hall–Kier alpha value is -1.99. The number of imide groups is 1. The summed E-state index contributed by atoms with van der Waals surface area (Å²) in [4.78, 5) is 29.6. The van der Waals surface area contributed by atoms with Crippen molar-refractivity contribution in [2.45, 2.75) is 44.9 Å². The first-order valence-corrected chi connectivity index (χ1v) is 13.7. The van der Waals surface area contributed by atoms with Crippen molar-refractivity contribution in [3.8, 4) is 0 Å². The van der Waals surface area contributed by atoms with Crippen LogP contribution in [0.4, 0.5) is 5.82 Å². The van der Waals surface area contributed by atoms with Crippen LogP contribution in [0.3, 0.4) is 0 Å². The van der Waals surface area contributed by atoms with Gasteiger partial charge >= 0.3 is 0 Å². The number of nitrogens with zero attached hydrogens (tertiary/aromatic N) is 4. The van der Waals surface area contributed by atoms with E-state index in [1.54, 1.807) is 24.3 Å². The number of aromatic nitrogens is 1. The van der Waals surface area contributed by atoms with E-state index < -0.39 is 26.0 Å². The molecule has 3 aliphatic carbocycles. The molecule has 5 aliphatic rings. The summed E-state index contributed by atoms with van der Waals surface area (Å²) in [6.07, 6.45) is 5.86. The molecule has 2 saturated heterocycles. The molecular formula is C28H36N4O2S. The molecule has 0 N–H and O–H groups in total. The Balaban J connectivity index is 1.18. The molecule has 186 valence electrons. The van der Waals surface area contributed by atoms with E-state index in [1.807, 2.05) is 0 Å². The van der Waals surface area contributed by atoms with E-state index in [-0.39, 0.29) is 66.2 Å². The summed E-state index contributed by atoms with van der Waals surface area (Å²) in [6, 6.07) is 6.86. The third-order valence-corrected chi connectivity index (χ3v) is 9.90. The minimum atomic E-state index is -3.00. The van der Waals surface area contributed by atoms with Crippen LogP contribution in [-0.4, -0.2) is 65.1 Å². The number of rotatable bonds is 5. The highest BCUT2D eigenvalue weighted by Crippen LogP contribution is 2.56. The lowest BCUT2D eigenvalue weighted by Gasteiger charge is -2.40. The fourth-order valence-corrected chi connectivity index (χ4v) is 8.15. The van der Waals surface area contributed by atoms with Crippen molar-refractivity contribution in [3.63, 3.8) is 0 Å². The highest BCUT2D eigenvalue weighted by atomic mass is 32.1. The third kappa shape index (κ3) is 3.72. The quantitative estimate of drug-likeness (QED) is 0.575. The summed E-state index contributed by atoms with van der Waals surface area (Å²) in [6.45, 7) is -12.0. The fraction of sp³-hybridized carbons (Fsp3) is 0.679. The van der Waals surface area contributed by atoms with E-state index in [9.17, 15) is 9.59 Å². The number of anilines is 1. The minimum Gasteiger partial charge on any atom is -0.353 e. The van der Waals surface area contributed by atoms with E-state index >= 15 is 0 Å². The van der Waals surface area contributed by atoms with Crippen LogP contribution in [0.2, 0.25) is 0 Å². The number of piperazine rings is 1. The predicted molar refractivity (Wildman–Crippen MR) is 138 cm³/mol. The molecule has 5 fully saturated rings. The Morgan fingerprint density at radius 2 is 1.54 bits per heavy atom. The zero-order valence-corrected chi connectivity index (χ0v) is 20.5. The van der Waals surface area contributed by atoms with Gasteiger partial charge in [0, 0.05) is 49.9 Å². The smallest absolute Gasteiger partial charge is 0.233 e. The Bertz CT molecular complexity index is 1410. The monoisotopic (exact) mass is 500 g/mol. The van der Waals surface area contributed by atoms with Gasteiger partial charge in [-0.1, -0.05) is 25.0 Å². The number of amides is 2. The Morgan fingerprint density at radius 3 is 2.26 bits per heavy atom. The highest BCUT2D eigenvalue weighted by molar-refractivity contribution is 7.13. The van der Waals surface area contributed by atoms with Crippen LogP contribution in [-0.2, 0) is 9.59 Å². The van der Waals surface area contributed by atoms with Crippen molar-refractivity contribution >= 4 is 39.3 Å². The molecule has 3 saturated carbocycles. The maximum atomic E-state index is 13.4. The summed E-state index contributed by atoms with van der Waals surface area (Å²) >= 11 is 1.02. The van der Waals surface area contributed by atoms with Gasteiger partial charge in [-0.3, -0.25) is 19.4 Å².